The number of fused-ring (bicyclic) bond motifs is 1. The summed E-state index contributed by atoms with van der Waals surface area (Å²) in [6, 6.07) is 16.7. The first kappa shape index (κ1) is 23.8. The van der Waals surface area contributed by atoms with Crippen LogP contribution in [0, 0.1) is 5.92 Å². The molecule has 2 aromatic carbocycles. The van der Waals surface area contributed by atoms with E-state index >= 15 is 0 Å². The summed E-state index contributed by atoms with van der Waals surface area (Å²) < 4.78 is 11.1. The van der Waals surface area contributed by atoms with Gasteiger partial charge in [-0.15, -0.1) is 12.4 Å². The van der Waals surface area contributed by atoms with Crippen molar-refractivity contribution < 1.29 is 14.3 Å². The van der Waals surface area contributed by atoms with Gasteiger partial charge in [0.2, 0.25) is 0 Å². The topological polar surface area (TPSA) is 101 Å². The van der Waals surface area contributed by atoms with Gasteiger partial charge < -0.3 is 20.1 Å². The Morgan fingerprint density at radius 3 is 2.47 bits per heavy atom. The van der Waals surface area contributed by atoms with Gasteiger partial charge in [0.1, 0.15) is 11.3 Å². The highest BCUT2D eigenvalue weighted by molar-refractivity contribution is 5.88. The summed E-state index contributed by atoms with van der Waals surface area (Å²) in [6.07, 6.45) is 0. The Kier molecular flexibility index (Phi) is 7.90. The van der Waals surface area contributed by atoms with E-state index in [2.05, 4.69) is 10.0 Å². The smallest absolute Gasteiger partial charge is 0.343 e. The van der Waals surface area contributed by atoms with Crippen molar-refractivity contribution in [2.45, 2.75) is 12.8 Å². The van der Waals surface area contributed by atoms with Gasteiger partial charge in [0.05, 0.1) is 24.2 Å². The van der Waals surface area contributed by atoms with E-state index < -0.39 is 11.5 Å². The number of ether oxygens (including phenoxy) is 1. The second-order valence-electron chi connectivity index (χ2n) is 7.83. The molecule has 8 heteroatoms. The van der Waals surface area contributed by atoms with Gasteiger partial charge in [-0.05, 0) is 24.6 Å². The second kappa shape index (κ2) is 10.6. The van der Waals surface area contributed by atoms with Gasteiger partial charge in [0.25, 0.3) is 0 Å². The van der Waals surface area contributed by atoms with Crippen LogP contribution in [-0.2, 0) is 4.74 Å². The lowest BCUT2D eigenvalue weighted by Gasteiger charge is -2.34. The molecule has 1 aliphatic heterocycles. The van der Waals surface area contributed by atoms with Crippen molar-refractivity contribution in [1.29, 1.82) is 0 Å². The average Bonchev–Trinajstić information content (AvgIpc) is 2.81. The Bertz CT molecular complexity index is 1130. The van der Waals surface area contributed by atoms with E-state index in [0.717, 1.165) is 18.7 Å². The monoisotopic (exact) mass is 457 g/mol. The van der Waals surface area contributed by atoms with E-state index in [1.54, 1.807) is 24.3 Å². The minimum absolute atomic E-state index is 0. The third-order valence-corrected chi connectivity index (χ3v) is 5.99. The zero-order valence-corrected chi connectivity index (χ0v) is 18.8. The molecule has 1 saturated heterocycles. The first-order valence-electron chi connectivity index (χ1n) is 10.4. The molecular formula is C24H28ClN3O4. The molecule has 1 aliphatic rings. The number of halogens is 1. The predicted octanol–water partition coefficient (Wildman–Crippen LogP) is 3.34. The first-order valence-corrected chi connectivity index (χ1v) is 10.4. The summed E-state index contributed by atoms with van der Waals surface area (Å²) in [6.45, 7) is 5.38. The summed E-state index contributed by atoms with van der Waals surface area (Å²) in [7, 11) is 0. The molecule has 2 atom stereocenters. The Morgan fingerprint density at radius 2 is 1.78 bits per heavy atom. The zero-order chi connectivity index (χ0) is 21.8. The van der Waals surface area contributed by atoms with Crippen molar-refractivity contribution in [3.05, 3.63) is 76.1 Å². The van der Waals surface area contributed by atoms with Gasteiger partial charge in [-0.2, -0.15) is 5.10 Å². The van der Waals surface area contributed by atoms with Crippen molar-refractivity contribution in [3.8, 4) is 5.75 Å². The minimum atomic E-state index is -0.554. The number of morpholine rings is 1. The summed E-state index contributed by atoms with van der Waals surface area (Å²) in [5, 5.41) is 15.7. The minimum Gasteiger partial charge on any atom is -0.507 e. The van der Waals surface area contributed by atoms with Gasteiger partial charge in [-0.25, -0.2) is 4.79 Å². The number of para-hydroxylation sites is 1. The van der Waals surface area contributed by atoms with Crippen LogP contribution in [0.5, 0.6) is 5.75 Å². The summed E-state index contributed by atoms with van der Waals surface area (Å²) >= 11 is 0. The van der Waals surface area contributed by atoms with Crippen LogP contribution < -0.4 is 11.5 Å². The number of hydrogen-bond acceptors (Lipinski definition) is 7. The third kappa shape index (κ3) is 4.80. The largest absolute Gasteiger partial charge is 0.507 e. The van der Waals surface area contributed by atoms with E-state index in [1.807, 2.05) is 37.3 Å². The molecule has 1 aromatic heterocycles. The molecule has 0 bridgehead atoms. The molecule has 0 aliphatic carbocycles. The van der Waals surface area contributed by atoms with Crippen molar-refractivity contribution >= 4 is 29.1 Å². The fourth-order valence-corrected chi connectivity index (χ4v) is 4.32. The molecule has 0 radical (unpaired) electrons. The van der Waals surface area contributed by atoms with Crippen molar-refractivity contribution in [1.82, 2.24) is 4.90 Å². The van der Waals surface area contributed by atoms with E-state index in [0.29, 0.717) is 36.4 Å². The van der Waals surface area contributed by atoms with Crippen LogP contribution in [0.4, 0.5) is 0 Å². The third-order valence-electron chi connectivity index (χ3n) is 5.99. The number of hydrogen-bond donors (Lipinski definition) is 2. The molecule has 0 spiro atoms. The number of rotatable bonds is 6. The lowest BCUT2D eigenvalue weighted by molar-refractivity contribution is 0.0335. The molecule has 3 N–H and O–H groups in total. The Hall–Kier alpha value is -2.87. The van der Waals surface area contributed by atoms with Crippen molar-refractivity contribution in [3.63, 3.8) is 0 Å². The maximum absolute atomic E-state index is 13.1. The maximum Gasteiger partial charge on any atom is 0.343 e. The summed E-state index contributed by atoms with van der Waals surface area (Å²) in [5.74, 6) is 4.95. The highest BCUT2D eigenvalue weighted by atomic mass is 35.5. The number of nitrogens with zero attached hydrogens (tertiary/aromatic N) is 2. The zero-order valence-electron chi connectivity index (χ0n) is 17.9. The average molecular weight is 458 g/mol. The molecule has 2 heterocycles. The van der Waals surface area contributed by atoms with E-state index in [-0.39, 0.29) is 29.6 Å². The Labute approximate surface area is 192 Å². The fourth-order valence-electron chi connectivity index (χ4n) is 4.32. The fraction of sp³-hybridized carbons (Fsp3) is 0.333. The Morgan fingerprint density at radius 1 is 1.12 bits per heavy atom. The van der Waals surface area contributed by atoms with Gasteiger partial charge in [0.15, 0.2) is 0 Å². The van der Waals surface area contributed by atoms with Gasteiger partial charge in [0, 0.05) is 37.2 Å². The van der Waals surface area contributed by atoms with Crippen LogP contribution in [0.25, 0.3) is 11.0 Å². The molecule has 0 amide bonds. The lowest BCUT2D eigenvalue weighted by atomic mass is 9.78. The number of benzene rings is 2. The molecule has 1 fully saturated rings. The molecule has 4 rings (SSSR count). The molecule has 0 saturated carbocycles. The van der Waals surface area contributed by atoms with Crippen LogP contribution in [0.3, 0.4) is 0 Å². The molecular weight excluding hydrogens is 430 g/mol. The van der Waals surface area contributed by atoms with Gasteiger partial charge in [-0.1, -0.05) is 42.5 Å². The number of aromatic hydroxyl groups is 1. The first-order chi connectivity index (χ1) is 15.1. The molecule has 170 valence electrons. The van der Waals surface area contributed by atoms with E-state index in [1.165, 1.54) is 0 Å². The predicted molar refractivity (Wildman–Crippen MR) is 128 cm³/mol. The van der Waals surface area contributed by atoms with E-state index in [4.69, 9.17) is 15.0 Å². The Balaban J connectivity index is 0.00000289. The van der Waals surface area contributed by atoms with Crippen LogP contribution >= 0.6 is 12.4 Å². The lowest BCUT2D eigenvalue weighted by Crippen LogP contribution is -2.43. The maximum atomic E-state index is 13.1. The summed E-state index contributed by atoms with van der Waals surface area (Å²) in [5.41, 5.74) is 1.62. The molecule has 7 nitrogen and oxygen atoms in total. The van der Waals surface area contributed by atoms with E-state index in [9.17, 15) is 9.90 Å². The normalized spacial score (nSPS) is 17.0. The van der Waals surface area contributed by atoms with Crippen LogP contribution in [0.1, 0.15) is 24.0 Å². The highest BCUT2D eigenvalue weighted by Gasteiger charge is 2.34. The standard InChI is InChI=1S/C24H27N3O4.ClH/c1-16(26-25)19(15-27-11-13-30-14-12-27)21(17-7-3-2-4-8-17)22-23(28)18-9-5-6-10-20(18)31-24(22)29;/h2-10,19,21,28H,11-15,25H2,1H3;1H/b26-16+;. The number of hydrazone groups is 1. The molecule has 3 aromatic rings. The van der Waals surface area contributed by atoms with Crippen molar-refractivity contribution in [2.24, 2.45) is 16.9 Å². The molecule has 32 heavy (non-hydrogen) atoms. The van der Waals surface area contributed by atoms with Crippen LogP contribution in [0.2, 0.25) is 0 Å². The SMILES string of the molecule is C/C(=N\N)C(CN1CCOCC1)C(c1ccccc1)c1c(O)c2ccccc2oc1=O.Cl. The molecule has 2 unspecified atom stereocenters. The van der Waals surface area contributed by atoms with Crippen LogP contribution in [0.15, 0.2) is 68.9 Å². The highest BCUT2D eigenvalue weighted by Crippen LogP contribution is 2.39. The number of nitrogens with two attached hydrogens (primary N) is 1. The van der Waals surface area contributed by atoms with Crippen LogP contribution in [-0.4, -0.2) is 48.6 Å². The van der Waals surface area contributed by atoms with Crippen molar-refractivity contribution in [2.75, 3.05) is 32.8 Å². The quantitative estimate of drug-likeness (QED) is 0.255. The van der Waals surface area contributed by atoms with Gasteiger partial charge in [-0.3, -0.25) is 4.90 Å². The van der Waals surface area contributed by atoms with Gasteiger partial charge >= 0.3 is 5.63 Å². The second-order valence-corrected chi connectivity index (χ2v) is 7.83. The summed E-state index contributed by atoms with van der Waals surface area (Å²) in [4.78, 5) is 15.4.